The van der Waals surface area contributed by atoms with Crippen molar-refractivity contribution < 1.29 is 27.1 Å². The first-order valence-electron chi connectivity index (χ1n) is 7.46. The Morgan fingerprint density at radius 2 is 2.04 bits per heavy atom. The molecule has 0 N–H and O–H groups in total. The van der Waals surface area contributed by atoms with Gasteiger partial charge in [0.15, 0.2) is 5.69 Å². The van der Waals surface area contributed by atoms with E-state index in [1.165, 1.54) is 36.5 Å². The molecule has 0 spiro atoms. The highest BCUT2D eigenvalue weighted by Crippen LogP contribution is 2.39. The topological polar surface area (TPSA) is 44.1 Å². The van der Waals surface area contributed by atoms with Crippen LogP contribution in [0.3, 0.4) is 0 Å². The predicted octanol–water partition coefficient (Wildman–Crippen LogP) is 5.26. The highest BCUT2D eigenvalue weighted by molar-refractivity contribution is 7.19. The highest BCUT2D eigenvalue weighted by atomic mass is 35.5. The average molecular weight is 419 g/mol. The summed E-state index contributed by atoms with van der Waals surface area (Å²) < 4.78 is 60.3. The number of rotatable bonds is 4. The van der Waals surface area contributed by atoms with Gasteiger partial charge in [0.25, 0.3) is 0 Å². The van der Waals surface area contributed by atoms with Gasteiger partial charge in [-0.05, 0) is 18.2 Å². The van der Waals surface area contributed by atoms with Crippen molar-refractivity contribution in [1.82, 2.24) is 9.78 Å². The molecule has 0 aliphatic carbocycles. The minimum atomic E-state index is -4.69. The number of alkyl halides is 3. The summed E-state index contributed by atoms with van der Waals surface area (Å²) in [6, 6.07) is 6.95. The van der Waals surface area contributed by atoms with E-state index >= 15 is 0 Å². The van der Waals surface area contributed by atoms with Crippen LogP contribution in [-0.2, 0) is 17.5 Å². The lowest BCUT2D eigenvalue weighted by atomic mass is 10.1. The molecule has 27 heavy (non-hydrogen) atoms. The summed E-state index contributed by atoms with van der Waals surface area (Å²) in [5.74, 6) is -1.74. The van der Waals surface area contributed by atoms with Crippen LogP contribution in [0.15, 0.2) is 36.5 Å². The zero-order valence-corrected chi connectivity index (χ0v) is 15.3. The summed E-state index contributed by atoms with van der Waals surface area (Å²) in [5.41, 5.74) is -1.54. The summed E-state index contributed by atoms with van der Waals surface area (Å²) in [6.07, 6.45) is -3.52. The lowest BCUT2D eigenvalue weighted by Gasteiger charge is -2.07. The summed E-state index contributed by atoms with van der Waals surface area (Å²) in [7, 11) is 1.11. The molecule has 0 amide bonds. The van der Waals surface area contributed by atoms with Gasteiger partial charge in [-0.25, -0.2) is 9.18 Å². The number of hydrogen-bond acceptors (Lipinski definition) is 4. The molecular weight excluding hydrogens is 408 g/mol. The van der Waals surface area contributed by atoms with Gasteiger partial charge in [-0.15, -0.1) is 11.3 Å². The molecule has 0 bridgehead atoms. The standard InChI is InChI=1S/C17H11ClF4N2O2S/c1-26-16(25)10-4-2-3-9(14(10)19)7-24-8-11(12-5-6-13(18)27-12)15(23-24)17(20,21)22/h2-6,8H,7H2,1H3. The number of halogens is 5. The molecule has 0 saturated heterocycles. The van der Waals surface area contributed by atoms with Crippen LogP contribution in [0.4, 0.5) is 17.6 Å². The van der Waals surface area contributed by atoms with Gasteiger partial charge < -0.3 is 4.74 Å². The average Bonchev–Trinajstić information content (AvgIpc) is 3.22. The number of methoxy groups -OCH3 is 1. The monoisotopic (exact) mass is 418 g/mol. The maximum Gasteiger partial charge on any atom is 0.435 e. The van der Waals surface area contributed by atoms with Gasteiger partial charge in [0.1, 0.15) is 5.82 Å². The van der Waals surface area contributed by atoms with Crippen molar-refractivity contribution in [2.45, 2.75) is 12.7 Å². The van der Waals surface area contributed by atoms with Crippen LogP contribution >= 0.6 is 22.9 Å². The van der Waals surface area contributed by atoms with E-state index in [1.54, 1.807) is 0 Å². The van der Waals surface area contributed by atoms with Crippen molar-refractivity contribution >= 4 is 28.9 Å². The summed E-state index contributed by atoms with van der Waals surface area (Å²) in [5, 5.41) is 3.57. The molecule has 0 fully saturated rings. The second kappa shape index (κ2) is 7.32. The lowest BCUT2D eigenvalue weighted by molar-refractivity contribution is -0.141. The SMILES string of the molecule is COC(=O)c1cccc(Cn2cc(-c3ccc(Cl)s3)c(C(F)(F)F)n2)c1F. The third-order valence-corrected chi connectivity index (χ3v) is 4.95. The third-order valence-electron chi connectivity index (χ3n) is 3.69. The molecule has 2 heterocycles. The zero-order chi connectivity index (χ0) is 19.8. The van der Waals surface area contributed by atoms with Gasteiger partial charge in [0.2, 0.25) is 0 Å². The first-order valence-corrected chi connectivity index (χ1v) is 8.66. The van der Waals surface area contributed by atoms with Crippen molar-refractivity contribution in [3.63, 3.8) is 0 Å². The van der Waals surface area contributed by atoms with Gasteiger partial charge in [0.05, 0.1) is 23.6 Å². The van der Waals surface area contributed by atoms with Crippen LogP contribution in [0.25, 0.3) is 10.4 Å². The predicted molar refractivity (Wildman–Crippen MR) is 92.4 cm³/mol. The molecule has 0 saturated carbocycles. The van der Waals surface area contributed by atoms with Gasteiger partial charge in [-0.3, -0.25) is 4.68 Å². The molecule has 142 valence electrons. The Balaban J connectivity index is 2.02. The van der Waals surface area contributed by atoms with Crippen molar-refractivity contribution in [3.05, 3.63) is 63.5 Å². The van der Waals surface area contributed by atoms with Crippen LogP contribution in [0.1, 0.15) is 21.6 Å². The quantitative estimate of drug-likeness (QED) is 0.429. The molecule has 10 heteroatoms. The van der Waals surface area contributed by atoms with E-state index in [4.69, 9.17) is 11.6 Å². The molecule has 0 atom stereocenters. The van der Waals surface area contributed by atoms with E-state index in [0.29, 0.717) is 9.21 Å². The number of carbonyl (C=O) groups is 1. The molecule has 2 aromatic heterocycles. The van der Waals surface area contributed by atoms with Crippen LogP contribution in [0.2, 0.25) is 4.34 Å². The number of aromatic nitrogens is 2. The van der Waals surface area contributed by atoms with E-state index in [9.17, 15) is 22.4 Å². The summed E-state index contributed by atoms with van der Waals surface area (Å²) >= 11 is 6.79. The molecular formula is C17H11ClF4N2O2S. The first kappa shape index (κ1) is 19.4. The van der Waals surface area contributed by atoms with Crippen LogP contribution < -0.4 is 0 Å². The largest absolute Gasteiger partial charge is 0.465 e. The van der Waals surface area contributed by atoms with E-state index in [-0.39, 0.29) is 23.2 Å². The van der Waals surface area contributed by atoms with Crippen LogP contribution in [0.5, 0.6) is 0 Å². The minimum absolute atomic E-state index is 0.00452. The fraction of sp³-hybridized carbons (Fsp3) is 0.176. The normalized spacial score (nSPS) is 11.6. The molecule has 1 aromatic carbocycles. The maximum atomic E-state index is 14.5. The molecule has 4 nitrogen and oxygen atoms in total. The Kier molecular flexibility index (Phi) is 5.25. The van der Waals surface area contributed by atoms with Gasteiger partial charge in [0, 0.05) is 22.2 Å². The Morgan fingerprint density at radius 3 is 2.63 bits per heavy atom. The molecule has 0 aliphatic heterocycles. The fourth-order valence-corrected chi connectivity index (χ4v) is 3.55. The minimum Gasteiger partial charge on any atom is -0.465 e. The van der Waals surface area contributed by atoms with Crippen molar-refractivity contribution in [2.24, 2.45) is 0 Å². The Bertz CT molecular complexity index is 997. The van der Waals surface area contributed by atoms with E-state index in [2.05, 4.69) is 9.84 Å². The molecule has 3 rings (SSSR count). The molecule has 0 unspecified atom stereocenters. The van der Waals surface area contributed by atoms with Gasteiger partial charge in [-0.2, -0.15) is 18.3 Å². The molecule has 0 radical (unpaired) electrons. The lowest BCUT2D eigenvalue weighted by Crippen LogP contribution is -2.11. The Labute approximate surface area is 159 Å². The second-order valence-electron chi connectivity index (χ2n) is 5.46. The van der Waals surface area contributed by atoms with Crippen molar-refractivity contribution in [3.8, 4) is 10.4 Å². The number of esters is 1. The fourth-order valence-electron chi connectivity index (χ4n) is 2.50. The van der Waals surface area contributed by atoms with Gasteiger partial charge in [-0.1, -0.05) is 23.7 Å². The molecule has 0 aliphatic rings. The second-order valence-corrected chi connectivity index (χ2v) is 7.18. The van der Waals surface area contributed by atoms with Gasteiger partial charge >= 0.3 is 12.1 Å². The third kappa shape index (κ3) is 3.98. The number of benzene rings is 1. The number of ether oxygens (including phenoxy) is 1. The summed E-state index contributed by atoms with van der Waals surface area (Å²) in [6.45, 7) is -0.293. The Morgan fingerprint density at radius 1 is 1.30 bits per heavy atom. The number of carbonyl (C=O) groups excluding carboxylic acids is 1. The van der Waals surface area contributed by atoms with E-state index < -0.39 is 23.7 Å². The number of thiophene rings is 1. The number of nitrogens with zero attached hydrogens (tertiary/aromatic N) is 2. The molecule has 3 aromatic rings. The summed E-state index contributed by atoms with van der Waals surface area (Å²) in [4.78, 5) is 11.9. The first-order chi connectivity index (χ1) is 12.7. The zero-order valence-electron chi connectivity index (χ0n) is 13.7. The van der Waals surface area contributed by atoms with E-state index in [1.807, 2.05) is 0 Å². The smallest absolute Gasteiger partial charge is 0.435 e. The highest BCUT2D eigenvalue weighted by Gasteiger charge is 2.38. The van der Waals surface area contributed by atoms with Crippen LogP contribution in [-0.4, -0.2) is 22.9 Å². The van der Waals surface area contributed by atoms with Crippen molar-refractivity contribution in [2.75, 3.05) is 7.11 Å². The van der Waals surface area contributed by atoms with Crippen LogP contribution in [0, 0.1) is 5.82 Å². The van der Waals surface area contributed by atoms with E-state index in [0.717, 1.165) is 23.1 Å². The number of hydrogen-bond donors (Lipinski definition) is 0. The van der Waals surface area contributed by atoms with Crippen molar-refractivity contribution in [1.29, 1.82) is 0 Å². The Hall–Kier alpha value is -2.39. The maximum absolute atomic E-state index is 14.5.